The molecule has 6 heteroatoms. The van der Waals surface area contributed by atoms with Gasteiger partial charge in [-0.3, -0.25) is 4.79 Å². The van der Waals surface area contributed by atoms with E-state index in [0.717, 1.165) is 11.1 Å². The molecule has 0 spiro atoms. The highest BCUT2D eigenvalue weighted by Crippen LogP contribution is 2.28. The van der Waals surface area contributed by atoms with Crippen molar-refractivity contribution in [3.8, 4) is 0 Å². The van der Waals surface area contributed by atoms with Crippen LogP contribution >= 0.6 is 11.6 Å². The van der Waals surface area contributed by atoms with Crippen LogP contribution < -0.4 is 4.90 Å². The van der Waals surface area contributed by atoms with E-state index in [9.17, 15) is 13.2 Å². The van der Waals surface area contributed by atoms with Crippen molar-refractivity contribution in [1.29, 1.82) is 0 Å². The highest BCUT2D eigenvalue weighted by atomic mass is 35.5. The number of carbonyl (C=O) groups is 1. The molecule has 2 aromatic carbocycles. The fraction of sp³-hybridized carbons (Fsp3) is 0.250. The number of nitrogens with zero attached hydrogens (tertiary/aromatic N) is 1. The molecule has 0 aliphatic carbocycles. The fourth-order valence-corrected chi connectivity index (χ4v) is 4.43. The minimum atomic E-state index is -3.27. The van der Waals surface area contributed by atoms with Crippen molar-refractivity contribution in [1.82, 2.24) is 0 Å². The molecule has 0 saturated carbocycles. The molecule has 0 radical (unpaired) electrons. The maximum Gasteiger partial charge on any atom is 0.227 e. The van der Waals surface area contributed by atoms with Gasteiger partial charge in [0.05, 0.1) is 11.8 Å². The first kappa shape index (κ1) is 18.7. The molecule has 2 aromatic rings. The summed E-state index contributed by atoms with van der Waals surface area (Å²) in [5.41, 5.74) is 2.59. The highest BCUT2D eigenvalue weighted by Gasteiger charge is 2.31. The minimum Gasteiger partial charge on any atom is -0.304 e. The molecule has 1 unspecified atom stereocenters. The minimum absolute atomic E-state index is 0.102. The van der Waals surface area contributed by atoms with Crippen LogP contribution in [0.4, 0.5) is 5.69 Å². The third kappa shape index (κ3) is 4.34. The van der Waals surface area contributed by atoms with Crippen molar-refractivity contribution in [3.63, 3.8) is 0 Å². The summed E-state index contributed by atoms with van der Waals surface area (Å²) in [7, 11) is -3.27. The van der Waals surface area contributed by atoms with Crippen LogP contribution in [0.1, 0.15) is 17.5 Å². The third-order valence-corrected chi connectivity index (χ3v) is 6.20. The first-order chi connectivity index (χ1) is 12.4. The molecule has 1 aliphatic heterocycles. The summed E-state index contributed by atoms with van der Waals surface area (Å²) in [5.74, 6) is -0.226. The summed E-state index contributed by atoms with van der Waals surface area (Å²) in [6.45, 7) is 1.88. The molecule has 0 bridgehead atoms. The quantitative estimate of drug-likeness (QED) is 0.778. The van der Waals surface area contributed by atoms with E-state index in [0.29, 0.717) is 23.6 Å². The Kier molecular flexibility index (Phi) is 5.49. The zero-order valence-electron chi connectivity index (χ0n) is 14.4. The van der Waals surface area contributed by atoms with E-state index in [4.69, 9.17) is 11.6 Å². The van der Waals surface area contributed by atoms with Gasteiger partial charge in [0, 0.05) is 22.5 Å². The zero-order chi connectivity index (χ0) is 18.7. The second kappa shape index (κ2) is 7.64. The van der Waals surface area contributed by atoms with Crippen LogP contribution in [-0.4, -0.2) is 26.1 Å². The van der Waals surface area contributed by atoms with E-state index in [-0.39, 0.29) is 11.7 Å². The van der Waals surface area contributed by atoms with Crippen molar-refractivity contribution in [2.45, 2.75) is 25.8 Å². The average molecular weight is 390 g/mol. The lowest BCUT2D eigenvalue weighted by atomic mass is 10.1. The second-order valence-electron chi connectivity index (χ2n) is 6.41. The summed E-state index contributed by atoms with van der Waals surface area (Å²) >= 11 is 6.22. The Morgan fingerprint density at radius 3 is 2.54 bits per heavy atom. The number of rotatable bonds is 5. The Hall–Kier alpha value is -2.11. The van der Waals surface area contributed by atoms with Crippen LogP contribution in [0, 0.1) is 6.92 Å². The van der Waals surface area contributed by atoms with Crippen molar-refractivity contribution < 1.29 is 13.2 Å². The van der Waals surface area contributed by atoms with Crippen molar-refractivity contribution >= 4 is 33.0 Å². The van der Waals surface area contributed by atoms with Gasteiger partial charge in [-0.1, -0.05) is 48.0 Å². The molecule has 1 atom stereocenters. The van der Waals surface area contributed by atoms with Gasteiger partial charge < -0.3 is 4.90 Å². The molecule has 1 aliphatic rings. The molecule has 26 heavy (non-hydrogen) atoms. The smallest absolute Gasteiger partial charge is 0.227 e. The maximum absolute atomic E-state index is 13.0. The van der Waals surface area contributed by atoms with E-state index in [1.807, 2.05) is 43.3 Å². The van der Waals surface area contributed by atoms with Gasteiger partial charge >= 0.3 is 0 Å². The molecular formula is C20H20ClNO3S. The number of amides is 1. The van der Waals surface area contributed by atoms with E-state index in [2.05, 4.69) is 0 Å². The lowest BCUT2D eigenvalue weighted by Gasteiger charge is -2.28. The van der Waals surface area contributed by atoms with Gasteiger partial charge in [0.15, 0.2) is 9.84 Å². The van der Waals surface area contributed by atoms with Gasteiger partial charge in [0.2, 0.25) is 5.91 Å². The number of anilines is 1. The maximum atomic E-state index is 13.0. The summed E-state index contributed by atoms with van der Waals surface area (Å²) < 4.78 is 23.7. The average Bonchev–Trinajstić information content (AvgIpc) is 2.97. The van der Waals surface area contributed by atoms with Crippen LogP contribution in [-0.2, 0) is 21.1 Å². The predicted octanol–water partition coefficient (Wildman–Crippen LogP) is 3.92. The Labute approximate surface area is 159 Å². The lowest BCUT2D eigenvalue weighted by molar-refractivity contribution is -0.118. The van der Waals surface area contributed by atoms with Crippen LogP contribution in [0.2, 0.25) is 5.02 Å². The number of benzene rings is 2. The molecule has 3 rings (SSSR count). The van der Waals surface area contributed by atoms with Gasteiger partial charge in [-0.25, -0.2) is 8.42 Å². The van der Waals surface area contributed by atoms with Gasteiger partial charge in [0.25, 0.3) is 0 Å². The standard InChI is InChI=1S/C20H20ClNO3S/c1-15-7-9-17(13-19(15)21)22(18-11-12-26(24,25)14-18)20(23)10-8-16-5-3-2-4-6-16/h2-7,9,11-13,18H,8,10,14H2,1H3. The van der Waals surface area contributed by atoms with E-state index < -0.39 is 15.9 Å². The number of hydrogen-bond acceptors (Lipinski definition) is 3. The fourth-order valence-electron chi connectivity index (χ4n) is 2.99. The Morgan fingerprint density at radius 1 is 1.19 bits per heavy atom. The van der Waals surface area contributed by atoms with Gasteiger partial charge in [0.1, 0.15) is 0 Å². The molecule has 0 fully saturated rings. The first-order valence-corrected chi connectivity index (χ1v) is 10.5. The molecule has 4 nitrogen and oxygen atoms in total. The molecule has 1 heterocycles. The van der Waals surface area contributed by atoms with Gasteiger partial charge in [-0.2, -0.15) is 0 Å². The van der Waals surface area contributed by atoms with Gasteiger partial charge in [-0.15, -0.1) is 0 Å². The number of sulfone groups is 1. The Balaban J connectivity index is 1.86. The van der Waals surface area contributed by atoms with E-state index >= 15 is 0 Å². The second-order valence-corrected chi connectivity index (χ2v) is 8.75. The molecule has 136 valence electrons. The summed E-state index contributed by atoms with van der Waals surface area (Å²) in [4.78, 5) is 14.5. The van der Waals surface area contributed by atoms with Gasteiger partial charge in [-0.05, 0) is 42.7 Å². The van der Waals surface area contributed by atoms with E-state index in [1.54, 1.807) is 23.1 Å². The molecule has 1 amide bonds. The normalized spacial score (nSPS) is 18.0. The van der Waals surface area contributed by atoms with Crippen LogP contribution in [0.3, 0.4) is 0 Å². The van der Waals surface area contributed by atoms with Crippen molar-refractivity contribution in [2.24, 2.45) is 0 Å². The summed E-state index contributed by atoms with van der Waals surface area (Å²) in [5, 5.41) is 1.73. The highest BCUT2D eigenvalue weighted by molar-refractivity contribution is 7.94. The van der Waals surface area contributed by atoms with E-state index in [1.165, 1.54) is 5.41 Å². The van der Waals surface area contributed by atoms with Crippen LogP contribution in [0.25, 0.3) is 0 Å². The third-order valence-electron chi connectivity index (χ3n) is 4.42. The molecule has 0 aromatic heterocycles. The van der Waals surface area contributed by atoms with Crippen molar-refractivity contribution in [3.05, 3.63) is 76.2 Å². The van der Waals surface area contributed by atoms with Crippen molar-refractivity contribution in [2.75, 3.05) is 10.7 Å². The number of carbonyl (C=O) groups excluding carboxylic acids is 1. The largest absolute Gasteiger partial charge is 0.304 e. The zero-order valence-corrected chi connectivity index (χ0v) is 16.0. The van der Waals surface area contributed by atoms with Crippen LogP contribution in [0.5, 0.6) is 0 Å². The predicted molar refractivity (Wildman–Crippen MR) is 105 cm³/mol. The number of halogens is 1. The molecule has 0 saturated heterocycles. The Bertz CT molecular complexity index is 939. The van der Waals surface area contributed by atoms with Crippen LogP contribution in [0.15, 0.2) is 60.0 Å². The summed E-state index contributed by atoms with van der Waals surface area (Å²) in [6, 6.07) is 14.6. The molecular weight excluding hydrogens is 370 g/mol. The lowest BCUT2D eigenvalue weighted by Crippen LogP contribution is -2.41. The SMILES string of the molecule is Cc1ccc(N(C(=O)CCc2ccccc2)C2C=CS(=O)(=O)C2)cc1Cl. The Morgan fingerprint density at radius 2 is 1.92 bits per heavy atom. The first-order valence-electron chi connectivity index (χ1n) is 8.39. The molecule has 0 N–H and O–H groups in total. The topological polar surface area (TPSA) is 54.5 Å². The summed E-state index contributed by atoms with van der Waals surface area (Å²) in [6.07, 6.45) is 2.46. The number of hydrogen-bond donors (Lipinski definition) is 0. The number of aryl methyl sites for hydroxylation is 2. The monoisotopic (exact) mass is 389 g/mol.